The Morgan fingerprint density at radius 1 is 1.31 bits per heavy atom. The van der Waals surface area contributed by atoms with Gasteiger partial charge in [0.25, 0.3) is 5.91 Å². The second kappa shape index (κ2) is 7.54. The Balaban J connectivity index is 1.59. The number of anilines is 1. The topological polar surface area (TPSA) is 62.5 Å². The molecule has 3 aromatic rings. The van der Waals surface area contributed by atoms with Crippen LogP contribution >= 0.6 is 11.3 Å². The molecule has 7 heteroatoms. The van der Waals surface area contributed by atoms with Gasteiger partial charge in [-0.2, -0.15) is 0 Å². The summed E-state index contributed by atoms with van der Waals surface area (Å²) in [4.78, 5) is 25.8. The molecule has 29 heavy (non-hydrogen) atoms. The molecule has 154 valence electrons. The molecule has 6 nitrogen and oxygen atoms in total. The largest absolute Gasteiger partial charge is 0.304 e. The molecule has 3 aromatic heterocycles. The Bertz CT molecular complexity index is 1040. The highest BCUT2D eigenvalue weighted by Gasteiger charge is 2.31. The van der Waals surface area contributed by atoms with Crippen molar-refractivity contribution in [3.63, 3.8) is 0 Å². The number of rotatable bonds is 4. The van der Waals surface area contributed by atoms with Crippen LogP contribution in [0.1, 0.15) is 53.9 Å². The quantitative estimate of drug-likeness (QED) is 0.697. The molecule has 0 aliphatic heterocycles. The van der Waals surface area contributed by atoms with Crippen LogP contribution in [0.4, 0.5) is 5.13 Å². The lowest BCUT2D eigenvalue weighted by Crippen LogP contribution is -2.26. The van der Waals surface area contributed by atoms with E-state index in [-0.39, 0.29) is 5.91 Å². The Morgan fingerprint density at radius 3 is 2.83 bits per heavy atom. The highest BCUT2D eigenvalue weighted by atomic mass is 32.1. The van der Waals surface area contributed by atoms with Gasteiger partial charge in [0.1, 0.15) is 5.65 Å². The van der Waals surface area contributed by atoms with Crippen LogP contribution < -0.4 is 5.32 Å². The molecule has 0 saturated carbocycles. The Hall–Kier alpha value is -2.25. The lowest BCUT2D eigenvalue weighted by atomic mass is 9.73. The molecule has 0 spiro atoms. The summed E-state index contributed by atoms with van der Waals surface area (Å²) in [6.45, 7) is 7.56. The minimum atomic E-state index is -0.191. The van der Waals surface area contributed by atoms with Gasteiger partial charge in [-0.15, -0.1) is 11.3 Å². The van der Waals surface area contributed by atoms with Gasteiger partial charge in [-0.3, -0.25) is 10.1 Å². The van der Waals surface area contributed by atoms with Gasteiger partial charge in [0.15, 0.2) is 10.8 Å². The lowest BCUT2D eigenvalue weighted by molar-refractivity contribution is 0.102. The second-order valence-corrected chi connectivity index (χ2v) is 10.3. The third-order valence-corrected chi connectivity index (χ3v) is 6.73. The molecule has 0 saturated heterocycles. The zero-order chi connectivity index (χ0) is 20.8. The van der Waals surface area contributed by atoms with Crippen molar-refractivity contribution in [2.45, 2.75) is 46.6 Å². The first-order chi connectivity index (χ1) is 13.7. The summed E-state index contributed by atoms with van der Waals surface area (Å²) in [5.74, 6) is 0.466. The Morgan fingerprint density at radius 2 is 2.10 bits per heavy atom. The Kier molecular flexibility index (Phi) is 5.21. The van der Waals surface area contributed by atoms with E-state index in [0.29, 0.717) is 28.7 Å². The molecule has 1 unspecified atom stereocenters. The summed E-state index contributed by atoms with van der Waals surface area (Å²) >= 11 is 1.62. The Labute approximate surface area is 176 Å². The molecule has 0 bridgehead atoms. The number of fused-ring (bicyclic) bond motifs is 2. The van der Waals surface area contributed by atoms with E-state index in [0.717, 1.165) is 36.3 Å². The van der Waals surface area contributed by atoms with E-state index in [2.05, 4.69) is 31.1 Å². The van der Waals surface area contributed by atoms with Gasteiger partial charge in [-0.05, 0) is 56.8 Å². The van der Waals surface area contributed by atoms with Crippen LogP contribution in [0.5, 0.6) is 0 Å². The summed E-state index contributed by atoms with van der Waals surface area (Å²) in [7, 11) is 3.98. The zero-order valence-electron chi connectivity index (χ0n) is 17.8. The number of carbonyl (C=O) groups is 1. The summed E-state index contributed by atoms with van der Waals surface area (Å²) in [5, 5.41) is 3.70. The number of amides is 1. The van der Waals surface area contributed by atoms with Gasteiger partial charge in [-0.25, -0.2) is 9.97 Å². The van der Waals surface area contributed by atoms with E-state index in [1.165, 1.54) is 4.88 Å². The van der Waals surface area contributed by atoms with E-state index in [1.807, 2.05) is 47.8 Å². The number of nitrogens with zero attached hydrogens (tertiary/aromatic N) is 4. The molecule has 1 amide bonds. The average Bonchev–Trinajstić information content (AvgIpc) is 3.21. The predicted octanol–water partition coefficient (Wildman–Crippen LogP) is 4.26. The number of imidazole rings is 1. The SMILES string of the molecule is CN(C)Cc1c(C(=O)Nc2nc3c(s2)CC(C(C)(C)C)CC3)nc2ccccn12. The third-order valence-electron chi connectivity index (χ3n) is 5.69. The summed E-state index contributed by atoms with van der Waals surface area (Å²) in [5.41, 5.74) is 3.57. The minimum Gasteiger partial charge on any atom is -0.304 e. The summed E-state index contributed by atoms with van der Waals surface area (Å²) < 4.78 is 1.98. The molecular formula is C22H29N5OS. The van der Waals surface area contributed by atoms with Gasteiger partial charge in [0, 0.05) is 17.6 Å². The van der Waals surface area contributed by atoms with Crippen LogP contribution in [-0.2, 0) is 19.4 Å². The van der Waals surface area contributed by atoms with Crippen molar-refractivity contribution in [3.05, 3.63) is 46.4 Å². The standard InChI is InChI=1S/C22H29N5OS/c1-22(2,3)14-9-10-15-17(12-14)29-21(23-15)25-20(28)19-16(13-26(4)5)27-11-7-6-8-18(27)24-19/h6-8,11,14H,9-10,12-13H2,1-5H3,(H,23,25,28). The van der Waals surface area contributed by atoms with Gasteiger partial charge < -0.3 is 9.30 Å². The monoisotopic (exact) mass is 411 g/mol. The number of aryl methyl sites for hydroxylation is 1. The first kappa shape index (κ1) is 20.0. The van der Waals surface area contributed by atoms with Crippen molar-refractivity contribution < 1.29 is 4.79 Å². The van der Waals surface area contributed by atoms with E-state index < -0.39 is 0 Å². The number of pyridine rings is 1. The molecule has 4 rings (SSSR count). The minimum absolute atomic E-state index is 0.191. The lowest BCUT2D eigenvalue weighted by Gasteiger charge is -2.33. The van der Waals surface area contributed by atoms with E-state index in [4.69, 9.17) is 4.98 Å². The highest BCUT2D eigenvalue weighted by Crippen LogP contribution is 2.40. The van der Waals surface area contributed by atoms with Crippen LogP contribution in [0.3, 0.4) is 0 Å². The van der Waals surface area contributed by atoms with E-state index in [1.54, 1.807) is 11.3 Å². The molecule has 1 aliphatic rings. The molecule has 1 N–H and O–H groups in total. The number of aromatic nitrogens is 3. The van der Waals surface area contributed by atoms with Gasteiger partial charge >= 0.3 is 0 Å². The first-order valence-corrected chi connectivity index (χ1v) is 10.9. The van der Waals surface area contributed by atoms with Crippen molar-refractivity contribution in [3.8, 4) is 0 Å². The average molecular weight is 412 g/mol. The van der Waals surface area contributed by atoms with Gasteiger partial charge in [0.05, 0.1) is 11.4 Å². The second-order valence-electron chi connectivity index (χ2n) is 9.22. The number of hydrogen-bond acceptors (Lipinski definition) is 5. The molecule has 0 radical (unpaired) electrons. The summed E-state index contributed by atoms with van der Waals surface area (Å²) in [6, 6.07) is 5.81. The van der Waals surface area contributed by atoms with Crippen molar-refractivity contribution in [1.29, 1.82) is 0 Å². The number of nitrogens with one attached hydrogen (secondary N) is 1. The first-order valence-electron chi connectivity index (χ1n) is 10.1. The fraction of sp³-hybridized carbons (Fsp3) is 0.500. The maximum atomic E-state index is 13.1. The smallest absolute Gasteiger partial charge is 0.278 e. The van der Waals surface area contributed by atoms with Crippen molar-refractivity contribution >= 4 is 28.0 Å². The van der Waals surface area contributed by atoms with Crippen molar-refractivity contribution in [2.75, 3.05) is 19.4 Å². The predicted molar refractivity (Wildman–Crippen MR) is 118 cm³/mol. The fourth-order valence-corrected chi connectivity index (χ4v) is 5.09. The third kappa shape index (κ3) is 4.07. The van der Waals surface area contributed by atoms with Crippen LogP contribution in [0.25, 0.3) is 5.65 Å². The molecule has 3 heterocycles. The van der Waals surface area contributed by atoms with Gasteiger partial charge in [-0.1, -0.05) is 26.8 Å². The van der Waals surface area contributed by atoms with Crippen LogP contribution in [0, 0.1) is 11.3 Å². The van der Waals surface area contributed by atoms with E-state index >= 15 is 0 Å². The highest BCUT2D eigenvalue weighted by molar-refractivity contribution is 7.15. The van der Waals surface area contributed by atoms with Crippen LogP contribution in [0.15, 0.2) is 24.4 Å². The normalized spacial score (nSPS) is 17.0. The van der Waals surface area contributed by atoms with E-state index in [9.17, 15) is 4.79 Å². The van der Waals surface area contributed by atoms with Crippen molar-refractivity contribution in [1.82, 2.24) is 19.3 Å². The number of hydrogen-bond donors (Lipinski definition) is 1. The maximum Gasteiger partial charge on any atom is 0.278 e. The zero-order valence-corrected chi connectivity index (χ0v) is 18.6. The molecule has 1 atom stereocenters. The van der Waals surface area contributed by atoms with Crippen LogP contribution in [0.2, 0.25) is 0 Å². The molecule has 0 aromatic carbocycles. The molecule has 0 fully saturated rings. The molecule has 1 aliphatic carbocycles. The number of carbonyl (C=O) groups excluding carboxylic acids is 1. The number of thiazole rings is 1. The fourth-order valence-electron chi connectivity index (χ4n) is 4.00. The summed E-state index contributed by atoms with van der Waals surface area (Å²) in [6.07, 6.45) is 5.15. The van der Waals surface area contributed by atoms with Crippen molar-refractivity contribution in [2.24, 2.45) is 11.3 Å². The maximum absolute atomic E-state index is 13.1. The molecular weight excluding hydrogens is 382 g/mol. The van der Waals surface area contributed by atoms with Crippen LogP contribution in [-0.4, -0.2) is 39.3 Å². The van der Waals surface area contributed by atoms with Gasteiger partial charge in [0.2, 0.25) is 0 Å².